The molecule has 7 nitrogen and oxygen atoms in total. The van der Waals surface area contributed by atoms with Crippen LogP contribution in [0.5, 0.6) is 5.75 Å². The van der Waals surface area contributed by atoms with Crippen LogP contribution >= 0.6 is 11.3 Å². The van der Waals surface area contributed by atoms with Crippen LogP contribution in [0.1, 0.15) is 31.0 Å². The molecule has 1 atom stereocenters. The van der Waals surface area contributed by atoms with Gasteiger partial charge in [0.2, 0.25) is 0 Å². The number of carbonyl (C=O) groups is 2. The minimum atomic E-state index is -0.644. The standard InChI is InChI=1S/C24H20N2O5S/c1-14-20(23(29)30-3)21(17-9-5-4-6-10-17)26-22(28)19(32-24(26)25-14)13-16-8-7-11-18(12-16)31-15(2)27/h4-13,21H,1-3H3/b19-13+/t21-/m0/s1. The van der Waals surface area contributed by atoms with E-state index < -0.39 is 18.0 Å². The van der Waals surface area contributed by atoms with E-state index in [4.69, 9.17) is 9.47 Å². The Labute approximate surface area is 187 Å². The molecule has 0 saturated heterocycles. The van der Waals surface area contributed by atoms with E-state index in [0.29, 0.717) is 31.9 Å². The summed E-state index contributed by atoms with van der Waals surface area (Å²) in [6.07, 6.45) is 1.72. The third-order valence-corrected chi connectivity index (χ3v) is 5.94. The number of ether oxygens (including phenoxy) is 2. The molecular formula is C24H20N2O5S. The molecule has 0 unspecified atom stereocenters. The first-order valence-electron chi connectivity index (χ1n) is 9.83. The van der Waals surface area contributed by atoms with E-state index in [9.17, 15) is 14.4 Å². The highest BCUT2D eigenvalue weighted by Gasteiger charge is 2.32. The summed E-state index contributed by atoms with van der Waals surface area (Å²) in [6.45, 7) is 3.07. The largest absolute Gasteiger partial charge is 0.466 e. The fourth-order valence-electron chi connectivity index (χ4n) is 3.63. The van der Waals surface area contributed by atoms with E-state index in [2.05, 4.69) is 4.99 Å². The van der Waals surface area contributed by atoms with E-state index in [1.54, 1.807) is 31.2 Å². The van der Waals surface area contributed by atoms with Crippen molar-refractivity contribution < 1.29 is 19.1 Å². The number of aromatic nitrogens is 1. The van der Waals surface area contributed by atoms with Crippen molar-refractivity contribution in [1.82, 2.24) is 4.57 Å². The minimum absolute atomic E-state index is 0.269. The number of benzene rings is 2. The number of esters is 2. The van der Waals surface area contributed by atoms with Gasteiger partial charge >= 0.3 is 11.9 Å². The van der Waals surface area contributed by atoms with Crippen molar-refractivity contribution in [1.29, 1.82) is 0 Å². The van der Waals surface area contributed by atoms with Crippen molar-refractivity contribution in [3.8, 4) is 5.75 Å². The number of hydrogen-bond acceptors (Lipinski definition) is 7. The van der Waals surface area contributed by atoms with E-state index >= 15 is 0 Å². The molecule has 0 amide bonds. The molecule has 0 fully saturated rings. The molecule has 3 aromatic rings. The van der Waals surface area contributed by atoms with Crippen LogP contribution in [-0.2, 0) is 14.3 Å². The van der Waals surface area contributed by atoms with Crippen molar-refractivity contribution in [2.75, 3.05) is 7.11 Å². The maximum Gasteiger partial charge on any atom is 0.338 e. The molecule has 32 heavy (non-hydrogen) atoms. The van der Waals surface area contributed by atoms with Gasteiger partial charge in [0.05, 0.1) is 29.0 Å². The van der Waals surface area contributed by atoms with E-state index in [1.165, 1.54) is 29.9 Å². The van der Waals surface area contributed by atoms with E-state index in [-0.39, 0.29) is 5.56 Å². The first kappa shape index (κ1) is 21.5. The number of fused-ring (bicyclic) bond motifs is 1. The van der Waals surface area contributed by atoms with Crippen molar-refractivity contribution in [2.45, 2.75) is 19.9 Å². The van der Waals surface area contributed by atoms with Gasteiger partial charge in [-0.05, 0) is 36.3 Å². The quantitative estimate of drug-likeness (QED) is 0.452. The molecule has 0 bridgehead atoms. The number of methoxy groups -OCH3 is 1. The van der Waals surface area contributed by atoms with Crippen LogP contribution in [0.4, 0.5) is 0 Å². The molecule has 0 saturated carbocycles. The summed E-state index contributed by atoms with van der Waals surface area (Å²) in [5.74, 6) is -0.552. The predicted molar refractivity (Wildman–Crippen MR) is 120 cm³/mol. The third kappa shape index (κ3) is 4.04. The predicted octanol–water partition coefficient (Wildman–Crippen LogP) is 2.33. The Kier molecular flexibility index (Phi) is 5.87. The lowest BCUT2D eigenvalue weighted by molar-refractivity contribution is -0.136. The summed E-state index contributed by atoms with van der Waals surface area (Å²) in [5.41, 5.74) is 2.06. The number of rotatable bonds is 4. The Bertz CT molecular complexity index is 1420. The maximum absolute atomic E-state index is 13.4. The van der Waals surface area contributed by atoms with Crippen LogP contribution in [0.15, 0.2) is 75.7 Å². The molecule has 1 aliphatic rings. The lowest BCUT2D eigenvalue weighted by atomic mass is 9.96. The van der Waals surface area contributed by atoms with Crippen LogP contribution < -0.4 is 19.6 Å². The number of allylic oxidation sites excluding steroid dienone is 1. The highest BCUT2D eigenvalue weighted by molar-refractivity contribution is 7.07. The van der Waals surface area contributed by atoms with Gasteiger partial charge in [-0.15, -0.1) is 0 Å². The van der Waals surface area contributed by atoms with Gasteiger partial charge in [0, 0.05) is 6.92 Å². The first-order valence-corrected chi connectivity index (χ1v) is 10.6. The Morgan fingerprint density at radius 3 is 2.56 bits per heavy atom. The zero-order chi connectivity index (χ0) is 22.8. The van der Waals surface area contributed by atoms with Crippen molar-refractivity contribution >= 4 is 29.4 Å². The van der Waals surface area contributed by atoms with Crippen molar-refractivity contribution in [3.05, 3.63) is 96.7 Å². The minimum Gasteiger partial charge on any atom is -0.466 e. The molecule has 1 aromatic heterocycles. The van der Waals surface area contributed by atoms with Gasteiger partial charge in [-0.2, -0.15) is 0 Å². The average Bonchev–Trinajstić information content (AvgIpc) is 3.07. The number of hydrogen-bond donors (Lipinski definition) is 0. The molecule has 8 heteroatoms. The SMILES string of the molecule is COC(=O)C1=C(C)N=c2s/c(=C/c3cccc(OC(C)=O)c3)c(=O)n2[C@H]1c1ccccc1. The van der Waals surface area contributed by atoms with Gasteiger partial charge in [0.15, 0.2) is 4.80 Å². The monoisotopic (exact) mass is 448 g/mol. The Morgan fingerprint density at radius 1 is 1.12 bits per heavy atom. The van der Waals surface area contributed by atoms with Crippen LogP contribution in [0.2, 0.25) is 0 Å². The highest BCUT2D eigenvalue weighted by atomic mass is 32.1. The Balaban J connectivity index is 1.91. The van der Waals surface area contributed by atoms with Gasteiger partial charge in [0.1, 0.15) is 5.75 Å². The zero-order valence-electron chi connectivity index (χ0n) is 17.7. The van der Waals surface area contributed by atoms with Gasteiger partial charge in [0.25, 0.3) is 5.56 Å². The van der Waals surface area contributed by atoms with Crippen LogP contribution in [0, 0.1) is 0 Å². The molecule has 0 aliphatic carbocycles. The smallest absolute Gasteiger partial charge is 0.338 e. The second kappa shape index (κ2) is 8.76. The highest BCUT2D eigenvalue weighted by Crippen LogP contribution is 2.30. The second-order valence-electron chi connectivity index (χ2n) is 7.15. The summed E-state index contributed by atoms with van der Waals surface area (Å²) < 4.78 is 12.1. The van der Waals surface area contributed by atoms with Gasteiger partial charge in [-0.25, -0.2) is 9.79 Å². The Morgan fingerprint density at radius 2 is 1.88 bits per heavy atom. The molecule has 2 heterocycles. The summed E-state index contributed by atoms with van der Waals surface area (Å²) >= 11 is 1.23. The molecule has 0 N–H and O–H groups in total. The molecule has 2 aromatic carbocycles. The Hall–Kier alpha value is -3.78. The lowest BCUT2D eigenvalue weighted by Gasteiger charge is -2.24. The van der Waals surface area contributed by atoms with Gasteiger partial charge < -0.3 is 9.47 Å². The van der Waals surface area contributed by atoms with Gasteiger partial charge in [-0.1, -0.05) is 53.8 Å². The summed E-state index contributed by atoms with van der Waals surface area (Å²) in [4.78, 5) is 42.3. The zero-order valence-corrected chi connectivity index (χ0v) is 18.5. The topological polar surface area (TPSA) is 87.0 Å². The van der Waals surface area contributed by atoms with Crippen LogP contribution in [-0.4, -0.2) is 23.6 Å². The number of carbonyl (C=O) groups excluding carboxylic acids is 2. The molecule has 0 spiro atoms. The summed E-state index contributed by atoms with van der Waals surface area (Å²) in [6, 6.07) is 15.6. The number of nitrogens with zero attached hydrogens (tertiary/aromatic N) is 2. The second-order valence-corrected chi connectivity index (χ2v) is 8.16. The molecule has 4 rings (SSSR count). The summed E-state index contributed by atoms with van der Waals surface area (Å²) in [5, 5.41) is 0. The van der Waals surface area contributed by atoms with E-state index in [0.717, 1.165) is 5.56 Å². The number of thiazole rings is 1. The van der Waals surface area contributed by atoms with E-state index in [1.807, 2.05) is 36.4 Å². The fraction of sp³-hybridized carbons (Fsp3) is 0.167. The summed E-state index contributed by atoms with van der Waals surface area (Å²) in [7, 11) is 1.31. The molecule has 162 valence electrons. The lowest BCUT2D eigenvalue weighted by Crippen LogP contribution is -2.39. The molecule has 1 aliphatic heterocycles. The third-order valence-electron chi connectivity index (χ3n) is 4.96. The van der Waals surface area contributed by atoms with Crippen LogP contribution in [0.25, 0.3) is 6.08 Å². The first-order chi connectivity index (χ1) is 15.4. The molecule has 0 radical (unpaired) electrons. The normalized spacial score (nSPS) is 15.7. The molecular weight excluding hydrogens is 428 g/mol. The van der Waals surface area contributed by atoms with Crippen molar-refractivity contribution in [3.63, 3.8) is 0 Å². The van der Waals surface area contributed by atoms with Crippen LogP contribution in [0.3, 0.4) is 0 Å². The maximum atomic E-state index is 13.4. The van der Waals surface area contributed by atoms with Gasteiger partial charge in [-0.3, -0.25) is 14.2 Å². The fourth-order valence-corrected chi connectivity index (χ4v) is 4.68. The average molecular weight is 449 g/mol. The van der Waals surface area contributed by atoms with Crippen molar-refractivity contribution in [2.24, 2.45) is 4.99 Å².